The van der Waals surface area contributed by atoms with E-state index in [1.165, 1.54) is 18.4 Å². The monoisotopic (exact) mass is 200 g/mol. The fourth-order valence-corrected chi connectivity index (χ4v) is 3.75. The van der Waals surface area contributed by atoms with Gasteiger partial charge in [0.05, 0.1) is 0 Å². The highest BCUT2D eigenvalue weighted by Crippen LogP contribution is 2.67. The molecule has 0 heteroatoms. The molecule has 80 valence electrons. The summed E-state index contributed by atoms with van der Waals surface area (Å²) in [6, 6.07) is 0. The van der Waals surface area contributed by atoms with E-state index in [9.17, 15) is 0 Å². The summed E-state index contributed by atoms with van der Waals surface area (Å²) in [5, 5.41) is 0. The summed E-state index contributed by atoms with van der Waals surface area (Å²) in [5.74, 6) is 1.79. The predicted molar refractivity (Wildman–Crippen MR) is 64.5 cm³/mol. The fourth-order valence-electron chi connectivity index (χ4n) is 3.75. The van der Waals surface area contributed by atoms with Crippen LogP contribution in [-0.4, -0.2) is 0 Å². The highest BCUT2D eigenvalue weighted by Gasteiger charge is 2.60. The van der Waals surface area contributed by atoms with Gasteiger partial charge in [-0.25, -0.2) is 0 Å². The Balaban J connectivity index is 2.12. The molecule has 1 fully saturated rings. The molecule has 0 amide bonds. The van der Waals surface area contributed by atoms with Crippen LogP contribution in [0, 0.1) is 17.3 Å². The molecule has 3 rings (SSSR count). The molecule has 0 aromatic carbocycles. The van der Waals surface area contributed by atoms with E-state index in [4.69, 9.17) is 0 Å². The van der Waals surface area contributed by atoms with Crippen molar-refractivity contribution in [3.8, 4) is 0 Å². The van der Waals surface area contributed by atoms with Crippen molar-refractivity contribution in [2.24, 2.45) is 17.3 Å². The van der Waals surface area contributed by atoms with Crippen molar-refractivity contribution >= 4 is 0 Å². The quantitative estimate of drug-likeness (QED) is 0.548. The molecule has 0 spiro atoms. The van der Waals surface area contributed by atoms with E-state index in [1.807, 2.05) is 0 Å². The highest BCUT2D eigenvalue weighted by atomic mass is 14.6. The van der Waals surface area contributed by atoms with Gasteiger partial charge in [-0.3, -0.25) is 0 Å². The second-order valence-electron chi connectivity index (χ2n) is 6.07. The molecule has 0 unspecified atom stereocenters. The van der Waals surface area contributed by atoms with Crippen LogP contribution in [0.1, 0.15) is 40.5 Å². The van der Waals surface area contributed by atoms with Crippen LogP contribution in [0.4, 0.5) is 0 Å². The number of allylic oxidation sites excluding steroid dienone is 6. The van der Waals surface area contributed by atoms with Gasteiger partial charge in [-0.05, 0) is 60.7 Å². The van der Waals surface area contributed by atoms with Crippen LogP contribution in [0.25, 0.3) is 0 Å². The topological polar surface area (TPSA) is 0 Å². The van der Waals surface area contributed by atoms with Crippen molar-refractivity contribution in [2.75, 3.05) is 0 Å². The minimum absolute atomic E-state index is 0.564. The maximum absolute atomic E-state index is 2.44. The van der Waals surface area contributed by atoms with Gasteiger partial charge in [-0.15, -0.1) is 0 Å². The molecular formula is C15H20. The first kappa shape index (κ1) is 9.45. The Labute approximate surface area is 92.8 Å². The Kier molecular flexibility index (Phi) is 1.68. The summed E-state index contributed by atoms with van der Waals surface area (Å²) >= 11 is 0. The molecule has 0 aromatic rings. The summed E-state index contributed by atoms with van der Waals surface area (Å²) < 4.78 is 0. The first-order chi connectivity index (χ1) is 7.03. The maximum atomic E-state index is 2.44. The smallest absolute Gasteiger partial charge is 0.00654 e. The Bertz CT molecular complexity index is 415. The van der Waals surface area contributed by atoms with Crippen molar-refractivity contribution in [1.29, 1.82) is 0 Å². The van der Waals surface area contributed by atoms with Gasteiger partial charge in [0, 0.05) is 0 Å². The molecular weight excluding hydrogens is 180 g/mol. The largest absolute Gasteiger partial charge is 0.0658 e. The zero-order chi connectivity index (χ0) is 10.8. The first-order valence-corrected chi connectivity index (χ1v) is 6.12. The van der Waals surface area contributed by atoms with Crippen LogP contribution < -0.4 is 0 Å². The van der Waals surface area contributed by atoms with Gasteiger partial charge in [-0.2, -0.15) is 0 Å². The van der Waals surface area contributed by atoms with Gasteiger partial charge < -0.3 is 0 Å². The van der Waals surface area contributed by atoms with Gasteiger partial charge in [0.2, 0.25) is 0 Å². The fraction of sp³-hybridized carbons (Fsp3) is 0.600. The SMILES string of the molecule is CC1=C2C(=C(C)CC[C@@H]3[C@H]2C3(C)C)C=C1. The second kappa shape index (κ2) is 2.66. The molecule has 15 heavy (non-hydrogen) atoms. The Hall–Kier alpha value is -0.780. The lowest BCUT2D eigenvalue weighted by atomic mass is 9.93. The average Bonchev–Trinajstić information content (AvgIpc) is 2.55. The number of hydrogen-bond donors (Lipinski definition) is 0. The number of rotatable bonds is 0. The molecule has 0 bridgehead atoms. The van der Waals surface area contributed by atoms with Crippen molar-refractivity contribution in [3.63, 3.8) is 0 Å². The molecule has 0 nitrogen and oxygen atoms in total. The molecule has 2 atom stereocenters. The van der Waals surface area contributed by atoms with Crippen molar-refractivity contribution in [1.82, 2.24) is 0 Å². The Morgan fingerprint density at radius 3 is 2.67 bits per heavy atom. The highest BCUT2D eigenvalue weighted by molar-refractivity contribution is 5.59. The standard InChI is InChI=1S/C15H20/c1-9-6-8-12-14(15(12,3)4)13-10(2)5-7-11(9)13/h5,7,12,14H,6,8H2,1-4H3/t12-,14-/m1/s1. The molecule has 0 heterocycles. The molecule has 0 aromatic heterocycles. The Morgan fingerprint density at radius 2 is 1.93 bits per heavy atom. The number of fused-ring (bicyclic) bond motifs is 3. The van der Waals surface area contributed by atoms with Crippen LogP contribution >= 0.6 is 0 Å². The predicted octanol–water partition coefficient (Wildman–Crippen LogP) is 4.26. The Morgan fingerprint density at radius 1 is 1.20 bits per heavy atom. The summed E-state index contributed by atoms with van der Waals surface area (Å²) in [6.07, 6.45) is 7.36. The molecule has 0 radical (unpaired) electrons. The van der Waals surface area contributed by atoms with Crippen LogP contribution in [0.15, 0.2) is 34.4 Å². The third-order valence-electron chi connectivity index (χ3n) is 4.87. The molecule has 0 aliphatic heterocycles. The van der Waals surface area contributed by atoms with E-state index >= 15 is 0 Å². The maximum Gasteiger partial charge on any atom is -0.00654 e. The van der Waals surface area contributed by atoms with E-state index in [1.54, 1.807) is 16.7 Å². The van der Waals surface area contributed by atoms with Gasteiger partial charge in [-0.1, -0.05) is 31.6 Å². The molecule has 1 saturated carbocycles. The van der Waals surface area contributed by atoms with Gasteiger partial charge in [0.25, 0.3) is 0 Å². The van der Waals surface area contributed by atoms with Crippen molar-refractivity contribution in [2.45, 2.75) is 40.5 Å². The summed E-state index contributed by atoms with van der Waals surface area (Å²) in [6.45, 7) is 9.48. The van der Waals surface area contributed by atoms with E-state index in [0.29, 0.717) is 5.41 Å². The van der Waals surface area contributed by atoms with E-state index in [0.717, 1.165) is 11.8 Å². The van der Waals surface area contributed by atoms with E-state index in [2.05, 4.69) is 39.8 Å². The first-order valence-electron chi connectivity index (χ1n) is 6.12. The lowest BCUT2D eigenvalue weighted by molar-refractivity contribution is 0.524. The zero-order valence-corrected chi connectivity index (χ0v) is 10.2. The lowest BCUT2D eigenvalue weighted by Crippen LogP contribution is -1.99. The normalized spacial score (nSPS) is 36.5. The molecule has 3 aliphatic carbocycles. The second-order valence-corrected chi connectivity index (χ2v) is 6.07. The summed E-state index contributed by atoms with van der Waals surface area (Å²) in [5.41, 5.74) is 6.95. The summed E-state index contributed by atoms with van der Waals surface area (Å²) in [4.78, 5) is 0. The van der Waals surface area contributed by atoms with Crippen molar-refractivity contribution < 1.29 is 0 Å². The minimum Gasteiger partial charge on any atom is -0.0658 e. The molecule has 0 saturated heterocycles. The summed E-state index contributed by atoms with van der Waals surface area (Å²) in [7, 11) is 0. The average molecular weight is 200 g/mol. The van der Waals surface area contributed by atoms with Crippen LogP contribution in [-0.2, 0) is 0 Å². The molecule has 0 N–H and O–H groups in total. The van der Waals surface area contributed by atoms with Crippen molar-refractivity contribution in [3.05, 3.63) is 34.4 Å². The third kappa shape index (κ3) is 1.08. The van der Waals surface area contributed by atoms with E-state index in [-0.39, 0.29) is 0 Å². The third-order valence-corrected chi connectivity index (χ3v) is 4.87. The van der Waals surface area contributed by atoms with Crippen LogP contribution in [0.2, 0.25) is 0 Å². The van der Waals surface area contributed by atoms with Gasteiger partial charge >= 0.3 is 0 Å². The van der Waals surface area contributed by atoms with Crippen LogP contribution in [0.3, 0.4) is 0 Å². The zero-order valence-electron chi connectivity index (χ0n) is 10.2. The lowest BCUT2D eigenvalue weighted by Gasteiger charge is -2.12. The minimum atomic E-state index is 0.564. The molecule has 3 aliphatic rings. The van der Waals surface area contributed by atoms with Gasteiger partial charge in [0.1, 0.15) is 0 Å². The van der Waals surface area contributed by atoms with E-state index < -0.39 is 0 Å². The van der Waals surface area contributed by atoms with Gasteiger partial charge in [0.15, 0.2) is 0 Å². The van der Waals surface area contributed by atoms with Crippen LogP contribution in [0.5, 0.6) is 0 Å². The number of hydrogen-bond acceptors (Lipinski definition) is 0.